The number of nitrogens with zero attached hydrogens (tertiary/aromatic N) is 3. The first kappa shape index (κ1) is 30.7. The number of aromatic nitrogens is 1. The van der Waals surface area contributed by atoms with Gasteiger partial charge in [-0.25, -0.2) is 4.98 Å². The zero-order valence-corrected chi connectivity index (χ0v) is 17.9. The van der Waals surface area contributed by atoms with Crippen molar-refractivity contribution in [3.05, 3.63) is 29.1 Å². The van der Waals surface area contributed by atoms with Crippen molar-refractivity contribution >= 4 is 11.4 Å². The minimum Gasteiger partial charge on any atom is -1.00 e. The molecule has 0 aliphatic rings. The molecule has 23 heavy (non-hydrogen) atoms. The van der Waals surface area contributed by atoms with Gasteiger partial charge in [0.1, 0.15) is 0 Å². The summed E-state index contributed by atoms with van der Waals surface area (Å²) in [6.07, 6.45) is 0. The van der Waals surface area contributed by atoms with Gasteiger partial charge in [-0.15, -0.1) is 0 Å². The number of rotatable bonds is 4. The topological polar surface area (TPSA) is 37.6 Å². The molecule has 1 rings (SSSR count). The van der Waals surface area contributed by atoms with E-state index in [9.17, 15) is 0 Å². The smallest absolute Gasteiger partial charge is 1.00 e. The van der Waals surface area contributed by atoms with Gasteiger partial charge in [0.2, 0.25) is 0 Å². The van der Waals surface area contributed by atoms with E-state index >= 15 is 0 Å². The normalized spacial score (nSPS) is 11.2. The van der Waals surface area contributed by atoms with E-state index in [4.69, 9.17) is 0 Å². The predicted octanol–water partition coefficient (Wildman–Crippen LogP) is -5.17. The fourth-order valence-electron chi connectivity index (χ4n) is 1.94. The molecule has 1 aromatic heterocycles. The molecule has 0 spiro atoms. The zero-order valence-electron chi connectivity index (χ0n) is 14.6. The predicted molar refractivity (Wildman–Crippen MR) is 83.7 cm³/mol. The number of hydrogen-bond donors (Lipinski definition) is 0. The summed E-state index contributed by atoms with van der Waals surface area (Å²) in [7, 11) is 0. The molecule has 0 bridgehead atoms. The summed E-state index contributed by atoms with van der Waals surface area (Å²) in [4.78, 5) is 13.8. The first-order valence-corrected chi connectivity index (χ1v) is 6.87. The second-order valence-electron chi connectivity index (χ2n) is 5.53. The van der Waals surface area contributed by atoms with Crippen molar-refractivity contribution in [3.63, 3.8) is 0 Å². The molecule has 0 atom stereocenters. The van der Waals surface area contributed by atoms with E-state index in [0.29, 0.717) is 0 Å². The summed E-state index contributed by atoms with van der Waals surface area (Å²) in [5, 5.41) is 0. The molecule has 1 heterocycles. The molecule has 0 aliphatic carbocycles. The Morgan fingerprint density at radius 2 is 1.13 bits per heavy atom. The van der Waals surface area contributed by atoms with Gasteiger partial charge < -0.3 is 37.2 Å². The second kappa shape index (κ2) is 14.2. The Labute approximate surface area is 169 Å². The Bertz CT molecular complexity index is 473. The molecule has 134 valence electrons. The van der Waals surface area contributed by atoms with Crippen LogP contribution < -0.4 is 37.2 Å². The first-order valence-electron chi connectivity index (χ1n) is 6.87. The van der Waals surface area contributed by atoms with Crippen LogP contribution in [0.1, 0.15) is 58.5 Å². The van der Waals surface area contributed by atoms with Gasteiger partial charge in [0.05, 0.1) is 22.8 Å². The van der Waals surface area contributed by atoms with Crippen LogP contribution in [0.4, 0.5) is 0 Å². The minimum atomic E-state index is 0. The van der Waals surface area contributed by atoms with Gasteiger partial charge in [0.15, 0.2) is 0 Å². The zero-order chi connectivity index (χ0) is 14.6. The summed E-state index contributed by atoms with van der Waals surface area (Å²) in [6.45, 7) is 14.4. The fourth-order valence-corrected chi connectivity index (χ4v) is 1.94. The van der Waals surface area contributed by atoms with Gasteiger partial charge in [-0.05, 0) is 66.2 Å². The molecule has 7 heteroatoms. The monoisotopic (exact) mass is 423 g/mol. The SMILES string of the molecule is CC(=NC(C)C)c1cc(C)cc(C(C)=NC(C)C)n1.[Cl-].[Cl-].[Cl-].[Co+3]. The molecule has 0 saturated carbocycles. The van der Waals surface area contributed by atoms with E-state index in [2.05, 4.69) is 61.7 Å². The van der Waals surface area contributed by atoms with Crippen LogP contribution >= 0.6 is 0 Å². The third-order valence-corrected chi connectivity index (χ3v) is 2.61. The van der Waals surface area contributed by atoms with Crippen molar-refractivity contribution in [2.24, 2.45) is 9.98 Å². The number of hydrogen-bond acceptors (Lipinski definition) is 3. The Morgan fingerprint density at radius 1 is 0.826 bits per heavy atom. The Balaban J connectivity index is -0.000000451. The van der Waals surface area contributed by atoms with Crippen molar-refractivity contribution in [3.8, 4) is 0 Å². The molecule has 0 aromatic carbocycles. The minimum absolute atomic E-state index is 0. The summed E-state index contributed by atoms with van der Waals surface area (Å²) < 4.78 is 0. The van der Waals surface area contributed by atoms with Gasteiger partial charge in [-0.2, -0.15) is 0 Å². The Kier molecular flexibility index (Phi) is 19.0. The average Bonchev–Trinajstić information content (AvgIpc) is 2.26. The van der Waals surface area contributed by atoms with Crippen LogP contribution in [0, 0.1) is 6.92 Å². The van der Waals surface area contributed by atoms with E-state index in [0.717, 1.165) is 22.8 Å². The summed E-state index contributed by atoms with van der Waals surface area (Å²) in [6, 6.07) is 4.73. The van der Waals surface area contributed by atoms with Crippen LogP contribution in [0.2, 0.25) is 0 Å². The van der Waals surface area contributed by atoms with Crippen LogP contribution in [-0.2, 0) is 16.8 Å². The molecular weight excluding hydrogens is 399 g/mol. The van der Waals surface area contributed by atoms with E-state index < -0.39 is 0 Å². The standard InChI is InChI=1S/C16H25N3.3ClH.Co/c1-10(2)17-13(6)15-8-12(5)9-16(19-15)14(7)18-11(3)4;;;;/h8-11H,1-7H3;3*1H;/q;;;;+3/p-3. The molecule has 0 aliphatic heterocycles. The fraction of sp³-hybridized carbons (Fsp3) is 0.562. The number of aryl methyl sites for hydroxylation is 1. The third kappa shape index (κ3) is 11.1. The average molecular weight is 425 g/mol. The van der Waals surface area contributed by atoms with Crippen LogP contribution in [0.15, 0.2) is 22.1 Å². The molecular formula is C16H25Cl3CoN3. The van der Waals surface area contributed by atoms with Gasteiger partial charge in [-0.1, -0.05) is 0 Å². The van der Waals surface area contributed by atoms with Gasteiger partial charge in [0, 0.05) is 12.1 Å². The van der Waals surface area contributed by atoms with Crippen LogP contribution in [0.5, 0.6) is 0 Å². The van der Waals surface area contributed by atoms with E-state index in [1.165, 1.54) is 5.56 Å². The summed E-state index contributed by atoms with van der Waals surface area (Å²) in [5.41, 5.74) is 5.05. The number of pyridine rings is 1. The van der Waals surface area contributed by atoms with Crippen molar-refractivity contribution in [1.29, 1.82) is 0 Å². The summed E-state index contributed by atoms with van der Waals surface area (Å²) in [5.74, 6) is 0. The largest absolute Gasteiger partial charge is 3.00 e. The summed E-state index contributed by atoms with van der Waals surface area (Å²) >= 11 is 0. The molecule has 0 radical (unpaired) electrons. The number of aliphatic imine (C=N–C) groups is 2. The number of halogens is 3. The molecule has 1 aromatic rings. The van der Waals surface area contributed by atoms with Gasteiger partial charge in [-0.3, -0.25) is 9.98 Å². The molecule has 0 unspecified atom stereocenters. The maximum Gasteiger partial charge on any atom is 3.00 e. The van der Waals surface area contributed by atoms with Gasteiger partial charge >= 0.3 is 16.8 Å². The van der Waals surface area contributed by atoms with E-state index in [1.54, 1.807) is 0 Å². The maximum absolute atomic E-state index is 4.68. The quantitative estimate of drug-likeness (QED) is 0.446. The van der Waals surface area contributed by atoms with Crippen molar-refractivity contribution in [2.75, 3.05) is 0 Å². The third-order valence-electron chi connectivity index (χ3n) is 2.61. The first-order chi connectivity index (χ1) is 8.79. The molecule has 0 N–H and O–H groups in total. The molecule has 3 nitrogen and oxygen atoms in total. The van der Waals surface area contributed by atoms with Crippen LogP contribution in [-0.4, -0.2) is 28.5 Å². The second-order valence-corrected chi connectivity index (χ2v) is 5.53. The van der Waals surface area contributed by atoms with E-state index in [1.807, 2.05) is 13.8 Å². The van der Waals surface area contributed by atoms with E-state index in [-0.39, 0.29) is 66.1 Å². The molecule has 0 fully saturated rings. The molecule has 0 saturated heterocycles. The van der Waals surface area contributed by atoms with Crippen molar-refractivity contribution < 1.29 is 54.0 Å². The van der Waals surface area contributed by atoms with Crippen LogP contribution in [0.25, 0.3) is 0 Å². The van der Waals surface area contributed by atoms with Crippen molar-refractivity contribution in [2.45, 2.75) is 60.5 Å². The Morgan fingerprint density at radius 3 is 1.39 bits per heavy atom. The van der Waals surface area contributed by atoms with Crippen molar-refractivity contribution in [1.82, 2.24) is 4.98 Å². The maximum atomic E-state index is 4.68. The van der Waals surface area contributed by atoms with Crippen LogP contribution in [0.3, 0.4) is 0 Å². The Hall–Kier alpha value is -0.134. The van der Waals surface area contributed by atoms with Gasteiger partial charge in [0.25, 0.3) is 0 Å². The molecule has 0 amide bonds.